The number of methoxy groups -OCH3 is 1. The van der Waals surface area contributed by atoms with Crippen molar-refractivity contribution >= 4 is 5.97 Å². The van der Waals surface area contributed by atoms with Crippen molar-refractivity contribution in [1.82, 2.24) is 9.78 Å². The highest BCUT2D eigenvalue weighted by molar-refractivity contribution is 5.93. The van der Waals surface area contributed by atoms with Crippen LogP contribution in [0, 0.1) is 0 Å². The number of benzene rings is 1. The summed E-state index contributed by atoms with van der Waals surface area (Å²) in [6.45, 7) is 0. The van der Waals surface area contributed by atoms with Crippen LogP contribution < -0.4 is 4.74 Å². The predicted molar refractivity (Wildman–Crippen MR) is 76.1 cm³/mol. The van der Waals surface area contributed by atoms with Crippen LogP contribution in [0.25, 0.3) is 11.3 Å². The van der Waals surface area contributed by atoms with E-state index < -0.39 is 11.6 Å². The van der Waals surface area contributed by atoms with Gasteiger partial charge in [0.2, 0.25) is 0 Å². The maximum Gasteiger partial charge on any atom is 0.359 e. The molecule has 2 aliphatic rings. The number of esters is 1. The lowest BCUT2D eigenvalue weighted by Gasteiger charge is -2.45. The molecule has 0 saturated heterocycles. The monoisotopic (exact) mass is 284 g/mol. The zero-order valence-corrected chi connectivity index (χ0v) is 12.0. The van der Waals surface area contributed by atoms with Gasteiger partial charge in [-0.15, -0.1) is 0 Å². The fourth-order valence-electron chi connectivity index (χ4n) is 3.37. The van der Waals surface area contributed by atoms with Crippen LogP contribution in [-0.2, 0) is 17.4 Å². The minimum absolute atomic E-state index is 0.379. The molecule has 0 N–H and O–H groups in total. The average Bonchev–Trinajstić information content (AvgIpc) is 2.82. The summed E-state index contributed by atoms with van der Waals surface area (Å²) in [5.41, 5.74) is 2.81. The number of para-hydroxylation sites is 1. The molecule has 2 aromatic rings. The molecule has 2 heterocycles. The molecule has 1 aromatic carbocycles. The lowest BCUT2D eigenvalue weighted by Crippen LogP contribution is -2.43. The fourth-order valence-corrected chi connectivity index (χ4v) is 3.37. The Balaban J connectivity index is 2.03. The Morgan fingerprint density at radius 3 is 2.81 bits per heavy atom. The molecule has 108 valence electrons. The zero-order valence-electron chi connectivity index (χ0n) is 12.0. The molecule has 1 spiro atoms. The van der Waals surface area contributed by atoms with Gasteiger partial charge in [0.15, 0.2) is 5.69 Å². The summed E-state index contributed by atoms with van der Waals surface area (Å²) < 4.78 is 12.9. The number of aryl methyl sites for hydroxylation is 1. The minimum Gasteiger partial charge on any atom is -0.482 e. The summed E-state index contributed by atoms with van der Waals surface area (Å²) in [7, 11) is 3.24. The second-order valence-corrected chi connectivity index (χ2v) is 5.63. The largest absolute Gasteiger partial charge is 0.482 e. The molecule has 4 rings (SSSR count). The van der Waals surface area contributed by atoms with E-state index in [2.05, 4.69) is 5.10 Å². The first-order valence-electron chi connectivity index (χ1n) is 7.10. The molecule has 0 unspecified atom stereocenters. The molecule has 1 saturated carbocycles. The van der Waals surface area contributed by atoms with Gasteiger partial charge in [-0.3, -0.25) is 4.68 Å². The Bertz CT molecular complexity index is 744. The van der Waals surface area contributed by atoms with Gasteiger partial charge in [0.05, 0.1) is 18.4 Å². The van der Waals surface area contributed by atoms with Gasteiger partial charge in [-0.2, -0.15) is 5.10 Å². The van der Waals surface area contributed by atoms with Crippen molar-refractivity contribution in [2.24, 2.45) is 7.05 Å². The molecule has 5 heteroatoms. The number of hydrogen-bond acceptors (Lipinski definition) is 4. The molecule has 0 amide bonds. The number of nitrogens with zero attached hydrogens (tertiary/aromatic N) is 2. The molecule has 0 bridgehead atoms. The third-order valence-electron chi connectivity index (χ3n) is 4.49. The van der Waals surface area contributed by atoms with Crippen molar-refractivity contribution in [2.75, 3.05) is 7.11 Å². The quantitative estimate of drug-likeness (QED) is 0.755. The molecule has 1 aliphatic carbocycles. The van der Waals surface area contributed by atoms with Crippen molar-refractivity contribution in [2.45, 2.75) is 24.9 Å². The van der Waals surface area contributed by atoms with Gasteiger partial charge in [0.25, 0.3) is 0 Å². The van der Waals surface area contributed by atoms with Crippen molar-refractivity contribution in [3.63, 3.8) is 0 Å². The van der Waals surface area contributed by atoms with E-state index in [1.807, 2.05) is 31.3 Å². The van der Waals surface area contributed by atoms with Crippen molar-refractivity contribution < 1.29 is 14.3 Å². The first-order chi connectivity index (χ1) is 10.2. The number of carbonyl (C=O) groups excluding carboxylic acids is 1. The van der Waals surface area contributed by atoms with Gasteiger partial charge in [-0.05, 0) is 31.4 Å². The molecule has 1 fully saturated rings. The molecule has 0 atom stereocenters. The van der Waals surface area contributed by atoms with Crippen molar-refractivity contribution in [1.29, 1.82) is 0 Å². The number of aromatic nitrogens is 2. The first-order valence-corrected chi connectivity index (χ1v) is 7.10. The van der Waals surface area contributed by atoms with Gasteiger partial charge in [-0.1, -0.05) is 12.1 Å². The summed E-state index contributed by atoms with van der Waals surface area (Å²) in [6.07, 6.45) is 2.91. The van der Waals surface area contributed by atoms with E-state index in [-0.39, 0.29) is 0 Å². The highest BCUT2D eigenvalue weighted by atomic mass is 16.5. The Morgan fingerprint density at radius 1 is 1.38 bits per heavy atom. The van der Waals surface area contributed by atoms with Crippen LogP contribution in [0.3, 0.4) is 0 Å². The molecule has 0 radical (unpaired) electrons. The molecule has 5 nitrogen and oxygen atoms in total. The third kappa shape index (κ3) is 1.51. The smallest absolute Gasteiger partial charge is 0.359 e. The van der Waals surface area contributed by atoms with Gasteiger partial charge in [0.1, 0.15) is 11.4 Å². The Morgan fingerprint density at radius 2 is 2.14 bits per heavy atom. The standard InChI is InChI=1S/C16H16N2O3/c1-18-14-10-6-3-4-7-11(10)21-16(8-5-9-16)12(14)13(17-18)15(19)20-2/h3-4,6-7H,5,8-9H2,1-2H3. The number of carbonyl (C=O) groups is 1. The Kier molecular flexibility index (Phi) is 2.43. The summed E-state index contributed by atoms with van der Waals surface area (Å²) in [6, 6.07) is 7.91. The number of hydrogen-bond donors (Lipinski definition) is 0. The average molecular weight is 284 g/mol. The van der Waals surface area contributed by atoms with E-state index >= 15 is 0 Å². The second kappa shape index (κ2) is 4.10. The van der Waals surface area contributed by atoms with E-state index in [0.717, 1.165) is 41.8 Å². The number of rotatable bonds is 1. The SMILES string of the molecule is COC(=O)c1nn(C)c2c1C1(CCC1)Oc1ccccc1-2. The second-order valence-electron chi connectivity index (χ2n) is 5.63. The maximum atomic E-state index is 12.1. The van der Waals surface area contributed by atoms with Crippen LogP contribution in [0.15, 0.2) is 24.3 Å². The van der Waals surface area contributed by atoms with Gasteiger partial charge < -0.3 is 9.47 Å². The lowest BCUT2D eigenvalue weighted by molar-refractivity contribution is -0.0157. The number of fused-ring (bicyclic) bond motifs is 4. The van der Waals surface area contributed by atoms with E-state index in [1.54, 1.807) is 4.68 Å². The van der Waals surface area contributed by atoms with E-state index in [1.165, 1.54) is 7.11 Å². The third-order valence-corrected chi connectivity index (χ3v) is 4.49. The van der Waals surface area contributed by atoms with Crippen LogP contribution in [0.1, 0.15) is 35.3 Å². The highest BCUT2D eigenvalue weighted by Gasteiger charge is 2.50. The molecule has 1 aliphatic heterocycles. The van der Waals surface area contributed by atoms with Gasteiger partial charge in [0, 0.05) is 12.6 Å². The Hall–Kier alpha value is -2.30. The number of ether oxygens (including phenoxy) is 2. The van der Waals surface area contributed by atoms with Crippen LogP contribution >= 0.6 is 0 Å². The molecular weight excluding hydrogens is 268 g/mol. The Labute approximate surface area is 122 Å². The van der Waals surface area contributed by atoms with E-state index in [9.17, 15) is 4.79 Å². The fraction of sp³-hybridized carbons (Fsp3) is 0.375. The van der Waals surface area contributed by atoms with Crippen LogP contribution in [0.5, 0.6) is 5.75 Å². The van der Waals surface area contributed by atoms with Crippen LogP contribution in [0.2, 0.25) is 0 Å². The van der Waals surface area contributed by atoms with E-state index in [4.69, 9.17) is 9.47 Å². The summed E-state index contributed by atoms with van der Waals surface area (Å²) in [5, 5.41) is 4.40. The first kappa shape index (κ1) is 12.4. The van der Waals surface area contributed by atoms with Crippen molar-refractivity contribution in [3.8, 4) is 17.0 Å². The highest BCUT2D eigenvalue weighted by Crippen LogP contribution is 2.54. The maximum absolute atomic E-state index is 12.1. The summed E-state index contributed by atoms with van der Waals surface area (Å²) in [5.74, 6) is 0.463. The predicted octanol–water partition coefficient (Wildman–Crippen LogP) is 2.65. The lowest BCUT2D eigenvalue weighted by atomic mass is 9.71. The molecule has 1 aromatic heterocycles. The van der Waals surface area contributed by atoms with E-state index in [0.29, 0.717) is 5.69 Å². The summed E-state index contributed by atoms with van der Waals surface area (Å²) >= 11 is 0. The zero-order chi connectivity index (χ0) is 14.6. The van der Waals surface area contributed by atoms with Gasteiger partial charge >= 0.3 is 5.97 Å². The molecule has 21 heavy (non-hydrogen) atoms. The minimum atomic E-state index is -0.415. The normalized spacial score (nSPS) is 17.4. The van der Waals surface area contributed by atoms with Crippen LogP contribution in [-0.4, -0.2) is 22.9 Å². The molecular formula is C16H16N2O3. The van der Waals surface area contributed by atoms with Crippen molar-refractivity contribution in [3.05, 3.63) is 35.5 Å². The van der Waals surface area contributed by atoms with Crippen LogP contribution in [0.4, 0.5) is 0 Å². The summed E-state index contributed by atoms with van der Waals surface area (Å²) in [4.78, 5) is 12.1. The van der Waals surface area contributed by atoms with Gasteiger partial charge in [-0.25, -0.2) is 4.79 Å². The topological polar surface area (TPSA) is 53.3 Å².